The predicted molar refractivity (Wildman–Crippen MR) is 68.4 cm³/mol. The van der Waals surface area contributed by atoms with Gasteiger partial charge >= 0.3 is 7.12 Å². The van der Waals surface area contributed by atoms with Gasteiger partial charge in [0.1, 0.15) is 12.4 Å². The molecule has 17 heavy (non-hydrogen) atoms. The summed E-state index contributed by atoms with van der Waals surface area (Å²) < 4.78 is 11.8. The lowest BCUT2D eigenvalue weighted by atomic mass is 9.78. The summed E-state index contributed by atoms with van der Waals surface area (Å²) in [6, 6.07) is 3.64. The van der Waals surface area contributed by atoms with Crippen LogP contribution in [-0.2, 0) is 4.65 Å². The maximum absolute atomic E-state index is 9.90. The van der Waals surface area contributed by atoms with Gasteiger partial charge in [-0.05, 0) is 24.1 Å². The van der Waals surface area contributed by atoms with Gasteiger partial charge in [0.2, 0.25) is 0 Å². The van der Waals surface area contributed by atoms with Crippen molar-refractivity contribution in [3.05, 3.63) is 22.2 Å². The summed E-state index contributed by atoms with van der Waals surface area (Å²) >= 11 is 3.46. The third kappa shape index (κ3) is 2.35. The predicted octanol–water partition coefficient (Wildman–Crippen LogP) is 0.989. The molecule has 1 aromatic rings. The standard InChI is InChI=1S/C11H14BBrO4/c1-2-8-10-7(13)3-4-9(16-6-5-14)11(10)12(15)17-8/h3-4,8,14-15H,2,5-6H2,1H3. The third-order valence-corrected chi connectivity index (χ3v) is 3.47. The van der Waals surface area contributed by atoms with Gasteiger partial charge in [-0.25, -0.2) is 0 Å². The molecule has 0 spiro atoms. The van der Waals surface area contributed by atoms with E-state index in [0.717, 1.165) is 16.5 Å². The normalized spacial score (nSPS) is 18.4. The molecule has 2 N–H and O–H groups in total. The van der Waals surface area contributed by atoms with E-state index in [1.54, 1.807) is 6.07 Å². The second-order valence-electron chi connectivity index (χ2n) is 3.83. The number of aliphatic hydroxyl groups is 1. The van der Waals surface area contributed by atoms with Crippen LogP contribution in [0.2, 0.25) is 0 Å². The second kappa shape index (κ2) is 5.39. The van der Waals surface area contributed by atoms with E-state index >= 15 is 0 Å². The topological polar surface area (TPSA) is 58.9 Å². The van der Waals surface area contributed by atoms with E-state index in [1.165, 1.54) is 0 Å². The highest BCUT2D eigenvalue weighted by molar-refractivity contribution is 9.10. The SMILES string of the molecule is CCC1OB(O)c2c(OCCO)ccc(Br)c21. The van der Waals surface area contributed by atoms with Crippen LogP contribution in [0.4, 0.5) is 0 Å². The Morgan fingerprint density at radius 3 is 2.94 bits per heavy atom. The Hall–Kier alpha value is -0.555. The van der Waals surface area contributed by atoms with E-state index in [1.807, 2.05) is 13.0 Å². The molecule has 6 heteroatoms. The quantitative estimate of drug-likeness (QED) is 0.814. The summed E-state index contributed by atoms with van der Waals surface area (Å²) in [4.78, 5) is 0. The Labute approximate surface area is 109 Å². The van der Waals surface area contributed by atoms with Gasteiger partial charge in [-0.15, -0.1) is 0 Å². The molecule has 0 bridgehead atoms. The summed E-state index contributed by atoms with van der Waals surface area (Å²) in [5.74, 6) is 0.570. The Balaban J connectivity index is 2.42. The molecule has 2 rings (SSSR count). The molecule has 1 heterocycles. The van der Waals surface area contributed by atoms with Gasteiger partial charge in [0, 0.05) is 9.94 Å². The monoisotopic (exact) mass is 300 g/mol. The second-order valence-corrected chi connectivity index (χ2v) is 4.68. The van der Waals surface area contributed by atoms with Crippen LogP contribution in [0.5, 0.6) is 5.75 Å². The van der Waals surface area contributed by atoms with Gasteiger partial charge in [0.25, 0.3) is 0 Å². The lowest BCUT2D eigenvalue weighted by Crippen LogP contribution is -2.30. The molecule has 0 saturated carbocycles. The number of rotatable bonds is 4. The molecule has 0 aliphatic carbocycles. The molecule has 1 unspecified atom stereocenters. The average molecular weight is 301 g/mol. The molecule has 0 aromatic heterocycles. The van der Waals surface area contributed by atoms with Crippen molar-refractivity contribution in [3.8, 4) is 5.75 Å². The van der Waals surface area contributed by atoms with Crippen molar-refractivity contribution in [3.63, 3.8) is 0 Å². The maximum atomic E-state index is 9.90. The zero-order valence-corrected chi connectivity index (χ0v) is 11.1. The number of hydrogen-bond acceptors (Lipinski definition) is 4. The fraction of sp³-hybridized carbons (Fsp3) is 0.455. The number of benzene rings is 1. The van der Waals surface area contributed by atoms with Crippen LogP contribution in [0.25, 0.3) is 0 Å². The molecule has 1 aliphatic rings. The molecular weight excluding hydrogens is 287 g/mol. The van der Waals surface area contributed by atoms with Crippen LogP contribution in [0.15, 0.2) is 16.6 Å². The summed E-state index contributed by atoms with van der Waals surface area (Å²) in [5, 5.41) is 18.7. The van der Waals surface area contributed by atoms with E-state index in [4.69, 9.17) is 14.5 Å². The van der Waals surface area contributed by atoms with Crippen molar-refractivity contribution in [2.75, 3.05) is 13.2 Å². The number of ether oxygens (including phenoxy) is 1. The highest BCUT2D eigenvalue weighted by atomic mass is 79.9. The third-order valence-electron chi connectivity index (χ3n) is 2.78. The van der Waals surface area contributed by atoms with E-state index in [2.05, 4.69) is 15.9 Å². The highest BCUT2D eigenvalue weighted by Gasteiger charge is 2.38. The van der Waals surface area contributed by atoms with E-state index < -0.39 is 7.12 Å². The largest absolute Gasteiger partial charge is 0.495 e. The van der Waals surface area contributed by atoms with Crippen LogP contribution in [-0.4, -0.2) is 30.5 Å². The highest BCUT2D eigenvalue weighted by Crippen LogP contribution is 2.35. The van der Waals surface area contributed by atoms with Crippen LogP contribution >= 0.6 is 15.9 Å². The first-order chi connectivity index (χ1) is 8.19. The Bertz CT molecular complexity index is 413. The summed E-state index contributed by atoms with van der Waals surface area (Å²) in [7, 11) is -0.957. The Morgan fingerprint density at radius 2 is 2.29 bits per heavy atom. The van der Waals surface area contributed by atoms with Crippen molar-refractivity contribution in [2.45, 2.75) is 19.4 Å². The molecule has 0 saturated heterocycles. The zero-order valence-electron chi connectivity index (χ0n) is 9.52. The van der Waals surface area contributed by atoms with Crippen LogP contribution in [0, 0.1) is 0 Å². The Kier molecular flexibility index (Phi) is 4.09. The van der Waals surface area contributed by atoms with Crippen molar-refractivity contribution >= 4 is 28.5 Å². The summed E-state index contributed by atoms with van der Waals surface area (Å²) in [6.45, 7) is 2.15. The summed E-state index contributed by atoms with van der Waals surface area (Å²) in [6.07, 6.45) is 0.665. The molecule has 1 aromatic carbocycles. The fourth-order valence-electron chi connectivity index (χ4n) is 2.05. The molecule has 0 radical (unpaired) electrons. The minimum atomic E-state index is -0.957. The van der Waals surface area contributed by atoms with Gasteiger partial charge in [0.15, 0.2) is 0 Å². The maximum Gasteiger partial charge on any atom is 0.495 e. The number of hydrogen-bond donors (Lipinski definition) is 2. The van der Waals surface area contributed by atoms with Crippen molar-refractivity contribution in [1.82, 2.24) is 0 Å². The first kappa shape index (κ1) is 12.9. The molecular formula is C11H14BBrO4. The first-order valence-corrected chi connectivity index (χ1v) is 6.37. The smallest absolute Gasteiger partial charge is 0.492 e. The molecule has 1 aliphatic heterocycles. The minimum Gasteiger partial charge on any atom is -0.492 e. The Morgan fingerprint density at radius 1 is 1.53 bits per heavy atom. The molecule has 0 amide bonds. The van der Waals surface area contributed by atoms with Crippen molar-refractivity contribution in [1.29, 1.82) is 0 Å². The van der Waals surface area contributed by atoms with E-state index in [-0.39, 0.29) is 19.3 Å². The number of aliphatic hydroxyl groups excluding tert-OH is 1. The van der Waals surface area contributed by atoms with Crippen LogP contribution in [0.1, 0.15) is 25.0 Å². The minimum absolute atomic E-state index is 0.0566. The van der Waals surface area contributed by atoms with Crippen molar-refractivity contribution < 1.29 is 19.5 Å². The van der Waals surface area contributed by atoms with E-state index in [0.29, 0.717) is 11.2 Å². The molecule has 4 nitrogen and oxygen atoms in total. The van der Waals surface area contributed by atoms with Crippen molar-refractivity contribution in [2.24, 2.45) is 0 Å². The lowest BCUT2D eigenvalue weighted by Gasteiger charge is -2.13. The fourth-order valence-corrected chi connectivity index (χ4v) is 2.65. The molecule has 92 valence electrons. The first-order valence-electron chi connectivity index (χ1n) is 5.58. The molecule has 0 fully saturated rings. The summed E-state index contributed by atoms with van der Waals surface area (Å²) in [5.41, 5.74) is 1.61. The van der Waals surface area contributed by atoms with Gasteiger partial charge in [-0.1, -0.05) is 22.9 Å². The van der Waals surface area contributed by atoms with Gasteiger partial charge < -0.3 is 19.5 Å². The van der Waals surface area contributed by atoms with E-state index in [9.17, 15) is 5.02 Å². The lowest BCUT2D eigenvalue weighted by molar-refractivity contribution is 0.186. The van der Waals surface area contributed by atoms with Gasteiger partial charge in [-0.2, -0.15) is 0 Å². The van der Waals surface area contributed by atoms with Crippen LogP contribution in [0.3, 0.4) is 0 Å². The number of halogens is 1. The zero-order chi connectivity index (χ0) is 12.4. The van der Waals surface area contributed by atoms with Gasteiger partial charge in [-0.3, -0.25) is 0 Å². The van der Waals surface area contributed by atoms with Gasteiger partial charge in [0.05, 0.1) is 12.7 Å². The van der Waals surface area contributed by atoms with Crippen LogP contribution < -0.4 is 10.2 Å². The molecule has 1 atom stereocenters. The number of fused-ring (bicyclic) bond motifs is 1. The average Bonchev–Trinajstić information content (AvgIpc) is 2.67.